The van der Waals surface area contributed by atoms with E-state index in [1.165, 1.54) is 30.5 Å². The maximum Gasteiger partial charge on any atom is 0.115 e. The van der Waals surface area contributed by atoms with Crippen LogP contribution in [-0.4, -0.2) is 29.6 Å². The van der Waals surface area contributed by atoms with E-state index < -0.39 is 0 Å². The van der Waals surface area contributed by atoms with Gasteiger partial charge in [0, 0.05) is 6.04 Å². The lowest BCUT2D eigenvalue weighted by Gasteiger charge is -2.54. The molecule has 1 N–H and O–H groups in total. The van der Waals surface area contributed by atoms with Gasteiger partial charge in [-0.05, 0) is 61.0 Å². The van der Waals surface area contributed by atoms with Gasteiger partial charge in [-0.3, -0.25) is 0 Å². The van der Waals surface area contributed by atoms with Crippen molar-refractivity contribution in [3.8, 4) is 5.75 Å². The standard InChI is InChI=1S/C16H23NO/c1-4-13-15-9-11-5-6-12(18)10-14(11)16(13,2)7-8-17(15)3/h5-6,10,13,15,18H,4,7-9H2,1-3H3/t13-,15?,16-/m0/s1. The molecular weight excluding hydrogens is 222 g/mol. The number of likely N-dealkylation sites (tertiary alicyclic amines) is 1. The van der Waals surface area contributed by atoms with Gasteiger partial charge in [0.1, 0.15) is 5.75 Å². The predicted octanol–water partition coefficient (Wildman–Crippen LogP) is 2.94. The van der Waals surface area contributed by atoms with E-state index in [1.54, 1.807) is 0 Å². The van der Waals surface area contributed by atoms with E-state index in [1.807, 2.05) is 12.1 Å². The van der Waals surface area contributed by atoms with Crippen molar-refractivity contribution in [1.82, 2.24) is 4.90 Å². The molecule has 1 aliphatic heterocycles. The minimum Gasteiger partial charge on any atom is -0.508 e. The van der Waals surface area contributed by atoms with Crippen LogP contribution >= 0.6 is 0 Å². The molecule has 0 spiro atoms. The summed E-state index contributed by atoms with van der Waals surface area (Å²) in [6.45, 7) is 5.88. The molecule has 2 aliphatic rings. The Labute approximate surface area is 110 Å². The summed E-state index contributed by atoms with van der Waals surface area (Å²) in [5.74, 6) is 1.13. The fourth-order valence-corrected chi connectivity index (χ4v) is 4.35. The number of hydrogen-bond acceptors (Lipinski definition) is 2. The largest absolute Gasteiger partial charge is 0.508 e. The molecule has 0 aromatic heterocycles. The fraction of sp³-hybridized carbons (Fsp3) is 0.625. The second-order valence-electron chi connectivity index (χ2n) is 6.28. The summed E-state index contributed by atoms with van der Waals surface area (Å²) >= 11 is 0. The maximum atomic E-state index is 9.80. The van der Waals surface area contributed by atoms with Gasteiger partial charge in [0.05, 0.1) is 0 Å². The second-order valence-corrected chi connectivity index (χ2v) is 6.28. The molecule has 1 saturated heterocycles. The van der Waals surface area contributed by atoms with Gasteiger partial charge in [-0.15, -0.1) is 0 Å². The lowest BCUT2D eigenvalue weighted by Crippen LogP contribution is -2.57. The van der Waals surface area contributed by atoms with Crippen molar-refractivity contribution in [2.75, 3.05) is 13.6 Å². The first-order valence-electron chi connectivity index (χ1n) is 7.09. The van der Waals surface area contributed by atoms with E-state index in [0.29, 0.717) is 17.7 Å². The first-order chi connectivity index (χ1) is 8.56. The van der Waals surface area contributed by atoms with Crippen molar-refractivity contribution in [3.05, 3.63) is 29.3 Å². The van der Waals surface area contributed by atoms with Crippen molar-refractivity contribution < 1.29 is 5.11 Å². The Morgan fingerprint density at radius 2 is 2.22 bits per heavy atom. The van der Waals surface area contributed by atoms with E-state index in [-0.39, 0.29) is 5.41 Å². The Morgan fingerprint density at radius 1 is 1.44 bits per heavy atom. The summed E-state index contributed by atoms with van der Waals surface area (Å²) in [5, 5.41) is 9.80. The van der Waals surface area contributed by atoms with Crippen molar-refractivity contribution in [3.63, 3.8) is 0 Å². The molecule has 1 aromatic rings. The Balaban J connectivity index is 2.15. The summed E-state index contributed by atoms with van der Waals surface area (Å²) in [6, 6.07) is 6.65. The highest BCUT2D eigenvalue weighted by Gasteiger charge is 2.48. The molecule has 2 bridgehead atoms. The fourth-order valence-electron chi connectivity index (χ4n) is 4.35. The van der Waals surface area contributed by atoms with Crippen LogP contribution in [0.4, 0.5) is 0 Å². The highest BCUT2D eigenvalue weighted by Crippen LogP contribution is 2.50. The van der Waals surface area contributed by atoms with Gasteiger partial charge in [0.15, 0.2) is 0 Å². The molecule has 1 aliphatic carbocycles. The zero-order valence-corrected chi connectivity index (χ0v) is 11.6. The average Bonchev–Trinajstić information content (AvgIpc) is 2.35. The third kappa shape index (κ3) is 1.51. The molecule has 3 atom stereocenters. The molecule has 18 heavy (non-hydrogen) atoms. The number of fused-ring (bicyclic) bond motifs is 4. The van der Waals surface area contributed by atoms with Gasteiger partial charge in [0.25, 0.3) is 0 Å². The normalized spacial score (nSPS) is 35.3. The average molecular weight is 245 g/mol. The lowest BCUT2D eigenvalue weighted by atomic mass is 9.57. The monoisotopic (exact) mass is 245 g/mol. The van der Waals surface area contributed by atoms with Gasteiger partial charge < -0.3 is 10.0 Å². The van der Waals surface area contributed by atoms with Gasteiger partial charge in [-0.1, -0.05) is 26.3 Å². The molecule has 1 aromatic carbocycles. The number of phenolic OH excluding ortho intramolecular Hbond substituents is 1. The minimum absolute atomic E-state index is 0.248. The highest BCUT2D eigenvalue weighted by atomic mass is 16.3. The summed E-state index contributed by atoms with van der Waals surface area (Å²) in [6.07, 6.45) is 3.57. The van der Waals surface area contributed by atoms with Crippen LogP contribution in [0.25, 0.3) is 0 Å². The van der Waals surface area contributed by atoms with E-state index in [9.17, 15) is 5.11 Å². The molecule has 2 heteroatoms. The molecular formula is C16H23NO. The second kappa shape index (κ2) is 3.99. The summed E-state index contributed by atoms with van der Waals surface area (Å²) < 4.78 is 0. The van der Waals surface area contributed by atoms with Gasteiger partial charge in [-0.25, -0.2) is 0 Å². The molecule has 0 radical (unpaired) electrons. The number of nitrogens with zero attached hydrogens (tertiary/aromatic N) is 1. The Bertz CT molecular complexity index is 470. The van der Waals surface area contributed by atoms with Crippen molar-refractivity contribution >= 4 is 0 Å². The molecule has 1 unspecified atom stereocenters. The van der Waals surface area contributed by atoms with E-state index >= 15 is 0 Å². The number of benzene rings is 1. The SMILES string of the molecule is CC[C@H]1C2Cc3ccc(O)cc3[C@@]1(C)CCN2C. The van der Waals surface area contributed by atoms with E-state index in [2.05, 4.69) is 31.9 Å². The number of phenols is 1. The Hall–Kier alpha value is -1.02. The third-order valence-electron chi connectivity index (χ3n) is 5.41. The highest BCUT2D eigenvalue weighted by molar-refractivity contribution is 5.44. The summed E-state index contributed by atoms with van der Waals surface area (Å²) in [5.41, 5.74) is 3.09. The summed E-state index contributed by atoms with van der Waals surface area (Å²) in [4.78, 5) is 2.53. The number of hydrogen-bond donors (Lipinski definition) is 1. The molecule has 1 fully saturated rings. The molecule has 98 valence electrons. The van der Waals surface area contributed by atoms with Gasteiger partial charge in [0.2, 0.25) is 0 Å². The lowest BCUT2D eigenvalue weighted by molar-refractivity contribution is 0.0376. The topological polar surface area (TPSA) is 23.5 Å². The van der Waals surface area contributed by atoms with Gasteiger partial charge >= 0.3 is 0 Å². The Morgan fingerprint density at radius 3 is 2.94 bits per heavy atom. The molecule has 0 amide bonds. The first kappa shape index (κ1) is 12.0. The van der Waals surface area contributed by atoms with Crippen LogP contribution in [-0.2, 0) is 11.8 Å². The molecule has 2 nitrogen and oxygen atoms in total. The first-order valence-corrected chi connectivity index (χ1v) is 7.09. The van der Waals surface area contributed by atoms with Gasteiger partial charge in [-0.2, -0.15) is 0 Å². The minimum atomic E-state index is 0.248. The zero-order chi connectivity index (χ0) is 12.9. The number of rotatable bonds is 1. The summed E-state index contributed by atoms with van der Waals surface area (Å²) in [7, 11) is 2.26. The van der Waals surface area contributed by atoms with Crippen LogP contribution in [0.2, 0.25) is 0 Å². The van der Waals surface area contributed by atoms with Crippen molar-refractivity contribution in [2.24, 2.45) is 5.92 Å². The smallest absolute Gasteiger partial charge is 0.115 e. The van der Waals surface area contributed by atoms with E-state index in [4.69, 9.17) is 0 Å². The molecule has 0 saturated carbocycles. The number of likely N-dealkylation sites (N-methyl/N-ethyl adjacent to an activating group) is 1. The van der Waals surface area contributed by atoms with E-state index in [0.717, 1.165) is 6.42 Å². The zero-order valence-electron chi connectivity index (χ0n) is 11.6. The van der Waals surface area contributed by atoms with Crippen LogP contribution in [0.5, 0.6) is 5.75 Å². The number of piperidine rings is 1. The molecule has 3 rings (SSSR count). The number of aromatic hydroxyl groups is 1. The molecule has 1 heterocycles. The van der Waals surface area contributed by atoms with Crippen molar-refractivity contribution in [1.29, 1.82) is 0 Å². The van der Waals surface area contributed by atoms with Crippen LogP contribution < -0.4 is 0 Å². The van der Waals surface area contributed by atoms with Crippen LogP contribution in [0.1, 0.15) is 37.8 Å². The third-order valence-corrected chi connectivity index (χ3v) is 5.41. The Kier molecular flexibility index (Phi) is 2.67. The maximum absolute atomic E-state index is 9.80. The van der Waals surface area contributed by atoms with Crippen LogP contribution in [0.15, 0.2) is 18.2 Å². The van der Waals surface area contributed by atoms with Crippen LogP contribution in [0, 0.1) is 5.92 Å². The quantitative estimate of drug-likeness (QED) is 0.822. The van der Waals surface area contributed by atoms with Crippen LogP contribution in [0.3, 0.4) is 0 Å². The van der Waals surface area contributed by atoms with Crippen molar-refractivity contribution in [2.45, 2.75) is 44.6 Å². The predicted molar refractivity (Wildman–Crippen MR) is 74.0 cm³/mol.